The molecule has 0 saturated carbocycles. The quantitative estimate of drug-likeness (QED) is 0.396. The summed E-state index contributed by atoms with van der Waals surface area (Å²) in [6.45, 7) is 2.40. The van der Waals surface area contributed by atoms with Crippen LogP contribution in [-0.2, 0) is 12.4 Å². The van der Waals surface area contributed by atoms with Gasteiger partial charge in [0.1, 0.15) is 12.4 Å². The molecule has 0 atom stereocenters. The van der Waals surface area contributed by atoms with Gasteiger partial charge in [-0.2, -0.15) is 0 Å². The Bertz CT molecular complexity index is 1030. The number of hydrogen-bond acceptors (Lipinski definition) is 4. The van der Waals surface area contributed by atoms with Gasteiger partial charge >= 0.3 is 0 Å². The van der Waals surface area contributed by atoms with Crippen molar-refractivity contribution in [1.82, 2.24) is 14.8 Å². The first-order valence-corrected chi connectivity index (χ1v) is 10.1. The summed E-state index contributed by atoms with van der Waals surface area (Å²) < 4.78 is 8.10. The molecule has 0 unspecified atom stereocenters. The van der Waals surface area contributed by atoms with Crippen molar-refractivity contribution in [3.05, 3.63) is 102 Å². The van der Waals surface area contributed by atoms with Crippen molar-refractivity contribution in [3.8, 4) is 11.4 Å². The molecule has 0 saturated heterocycles. The Morgan fingerprint density at radius 3 is 2.25 bits per heavy atom. The van der Waals surface area contributed by atoms with E-state index in [0.29, 0.717) is 6.61 Å². The molecule has 5 heteroatoms. The lowest BCUT2D eigenvalue weighted by atomic mass is 10.2. The number of rotatable bonds is 7. The maximum atomic E-state index is 6.03. The number of benzene rings is 3. The number of para-hydroxylation sites is 2. The van der Waals surface area contributed by atoms with Gasteiger partial charge in [-0.05, 0) is 36.2 Å². The summed E-state index contributed by atoms with van der Waals surface area (Å²) in [7, 11) is 0. The summed E-state index contributed by atoms with van der Waals surface area (Å²) in [5.41, 5.74) is 3.39. The van der Waals surface area contributed by atoms with Gasteiger partial charge in [-0.3, -0.25) is 4.57 Å². The van der Waals surface area contributed by atoms with E-state index in [-0.39, 0.29) is 0 Å². The highest BCUT2D eigenvalue weighted by Crippen LogP contribution is 2.26. The van der Waals surface area contributed by atoms with E-state index in [1.54, 1.807) is 11.8 Å². The fourth-order valence-electron chi connectivity index (χ4n) is 2.91. The molecule has 0 spiro atoms. The highest BCUT2D eigenvalue weighted by Gasteiger charge is 2.15. The first-order valence-electron chi connectivity index (χ1n) is 9.16. The Hall–Kier alpha value is -3.05. The smallest absolute Gasteiger partial charge is 0.196 e. The summed E-state index contributed by atoms with van der Waals surface area (Å²) in [5, 5.41) is 9.71. The zero-order valence-corrected chi connectivity index (χ0v) is 16.5. The van der Waals surface area contributed by atoms with Crippen LogP contribution in [0.2, 0.25) is 0 Å². The van der Waals surface area contributed by atoms with Crippen molar-refractivity contribution < 1.29 is 4.74 Å². The van der Waals surface area contributed by atoms with Gasteiger partial charge in [0.15, 0.2) is 11.0 Å². The Labute approximate surface area is 169 Å². The van der Waals surface area contributed by atoms with E-state index in [4.69, 9.17) is 4.74 Å². The normalized spacial score (nSPS) is 10.8. The Kier molecular flexibility index (Phi) is 5.73. The SMILES string of the molecule is Cc1ccccc1OCc1nnc(SCc2ccccc2)n1-c1ccccc1. The molecule has 0 aliphatic heterocycles. The van der Waals surface area contributed by atoms with Crippen molar-refractivity contribution in [2.45, 2.75) is 24.4 Å². The van der Waals surface area contributed by atoms with Crippen molar-refractivity contribution in [2.75, 3.05) is 0 Å². The largest absolute Gasteiger partial charge is 0.485 e. The summed E-state index contributed by atoms with van der Waals surface area (Å²) >= 11 is 1.67. The molecule has 28 heavy (non-hydrogen) atoms. The van der Waals surface area contributed by atoms with Crippen LogP contribution in [0.1, 0.15) is 17.0 Å². The molecule has 0 radical (unpaired) electrons. The molecule has 3 aromatic carbocycles. The molecule has 0 amide bonds. The number of nitrogens with zero attached hydrogens (tertiary/aromatic N) is 3. The lowest BCUT2D eigenvalue weighted by Gasteiger charge is -2.12. The van der Waals surface area contributed by atoms with Gasteiger partial charge in [0.2, 0.25) is 0 Å². The summed E-state index contributed by atoms with van der Waals surface area (Å²) in [6.07, 6.45) is 0. The van der Waals surface area contributed by atoms with Gasteiger partial charge in [0.25, 0.3) is 0 Å². The molecule has 1 aromatic heterocycles. The zero-order valence-electron chi connectivity index (χ0n) is 15.7. The Morgan fingerprint density at radius 2 is 1.50 bits per heavy atom. The summed E-state index contributed by atoms with van der Waals surface area (Å²) in [5.74, 6) is 2.48. The van der Waals surface area contributed by atoms with E-state index >= 15 is 0 Å². The fraction of sp³-hybridized carbons (Fsp3) is 0.130. The van der Waals surface area contributed by atoms with Crippen molar-refractivity contribution >= 4 is 11.8 Å². The summed E-state index contributed by atoms with van der Waals surface area (Å²) in [4.78, 5) is 0. The fourth-order valence-corrected chi connectivity index (χ4v) is 3.83. The molecule has 4 rings (SSSR count). The zero-order chi connectivity index (χ0) is 19.2. The lowest BCUT2D eigenvalue weighted by molar-refractivity contribution is 0.291. The molecule has 0 fully saturated rings. The second-order valence-electron chi connectivity index (χ2n) is 6.40. The van der Waals surface area contributed by atoms with Crippen molar-refractivity contribution in [3.63, 3.8) is 0 Å². The van der Waals surface area contributed by atoms with E-state index in [1.165, 1.54) is 5.56 Å². The van der Waals surface area contributed by atoms with Gasteiger partial charge < -0.3 is 4.74 Å². The monoisotopic (exact) mass is 387 g/mol. The number of ether oxygens (including phenoxy) is 1. The minimum absolute atomic E-state index is 0.360. The molecular formula is C23H21N3OS. The first kappa shape index (κ1) is 18.3. The van der Waals surface area contributed by atoms with Gasteiger partial charge in [0, 0.05) is 11.4 Å². The number of hydrogen-bond donors (Lipinski definition) is 0. The predicted octanol–water partition coefficient (Wildman–Crippen LogP) is 5.45. The van der Waals surface area contributed by atoms with E-state index in [0.717, 1.165) is 33.7 Å². The number of aryl methyl sites for hydroxylation is 1. The molecule has 0 N–H and O–H groups in total. The van der Waals surface area contributed by atoms with Crippen LogP contribution in [0.3, 0.4) is 0 Å². The molecule has 1 heterocycles. The molecule has 140 valence electrons. The van der Waals surface area contributed by atoms with Crippen molar-refractivity contribution in [2.24, 2.45) is 0 Å². The van der Waals surface area contributed by atoms with Gasteiger partial charge in [0.05, 0.1) is 0 Å². The minimum atomic E-state index is 0.360. The molecule has 4 aromatic rings. The molecule has 0 bridgehead atoms. The third kappa shape index (κ3) is 4.26. The average Bonchev–Trinajstić information content (AvgIpc) is 3.16. The van der Waals surface area contributed by atoms with Crippen LogP contribution < -0.4 is 4.74 Å². The second kappa shape index (κ2) is 8.76. The van der Waals surface area contributed by atoms with Crippen LogP contribution in [0.4, 0.5) is 0 Å². The maximum Gasteiger partial charge on any atom is 0.196 e. The van der Waals surface area contributed by atoms with Gasteiger partial charge in [-0.1, -0.05) is 78.5 Å². The third-order valence-electron chi connectivity index (χ3n) is 4.38. The summed E-state index contributed by atoms with van der Waals surface area (Å²) in [6, 6.07) is 28.6. The highest BCUT2D eigenvalue weighted by molar-refractivity contribution is 7.98. The van der Waals surface area contributed by atoms with Crippen molar-refractivity contribution in [1.29, 1.82) is 0 Å². The van der Waals surface area contributed by atoms with Crippen LogP contribution in [-0.4, -0.2) is 14.8 Å². The highest BCUT2D eigenvalue weighted by atomic mass is 32.2. The van der Waals surface area contributed by atoms with E-state index in [2.05, 4.69) is 51.2 Å². The maximum absolute atomic E-state index is 6.03. The van der Waals surface area contributed by atoms with Crippen LogP contribution in [0.25, 0.3) is 5.69 Å². The first-order chi connectivity index (χ1) is 13.8. The van der Waals surface area contributed by atoms with E-state index in [9.17, 15) is 0 Å². The molecule has 0 aliphatic carbocycles. The van der Waals surface area contributed by atoms with E-state index in [1.807, 2.05) is 55.5 Å². The van der Waals surface area contributed by atoms with Crippen LogP contribution in [0.5, 0.6) is 5.75 Å². The van der Waals surface area contributed by atoms with Crippen LogP contribution >= 0.6 is 11.8 Å². The Morgan fingerprint density at radius 1 is 0.821 bits per heavy atom. The standard InChI is InChI=1S/C23H21N3OS/c1-18-10-8-9-15-21(18)27-16-22-24-25-23(26(22)20-13-6-3-7-14-20)28-17-19-11-4-2-5-12-19/h2-15H,16-17H2,1H3. The van der Waals surface area contributed by atoms with Crippen LogP contribution in [0.15, 0.2) is 90.1 Å². The number of aromatic nitrogens is 3. The molecule has 0 aliphatic rings. The number of thioether (sulfide) groups is 1. The molecule has 4 nitrogen and oxygen atoms in total. The average molecular weight is 388 g/mol. The van der Waals surface area contributed by atoms with Gasteiger partial charge in [-0.15, -0.1) is 10.2 Å². The van der Waals surface area contributed by atoms with Crippen LogP contribution in [0, 0.1) is 6.92 Å². The Balaban J connectivity index is 1.59. The van der Waals surface area contributed by atoms with Gasteiger partial charge in [-0.25, -0.2) is 0 Å². The van der Waals surface area contributed by atoms with E-state index < -0.39 is 0 Å². The predicted molar refractivity (Wildman–Crippen MR) is 113 cm³/mol. The third-order valence-corrected chi connectivity index (χ3v) is 5.38. The second-order valence-corrected chi connectivity index (χ2v) is 7.34. The molecular weight excluding hydrogens is 366 g/mol. The minimum Gasteiger partial charge on any atom is -0.485 e. The lowest BCUT2D eigenvalue weighted by Crippen LogP contribution is -2.07. The topological polar surface area (TPSA) is 39.9 Å².